The van der Waals surface area contributed by atoms with E-state index >= 15 is 0 Å². The third-order valence-corrected chi connectivity index (χ3v) is 6.97. The largest absolute Gasteiger partial charge is 0.479 e. The van der Waals surface area contributed by atoms with Gasteiger partial charge < -0.3 is 20.7 Å². The summed E-state index contributed by atoms with van der Waals surface area (Å²) >= 11 is 0. The second kappa shape index (κ2) is 10.6. The van der Waals surface area contributed by atoms with Crippen molar-refractivity contribution < 1.29 is 17.5 Å². The van der Waals surface area contributed by atoms with Gasteiger partial charge in [-0.3, -0.25) is 0 Å². The quantitative estimate of drug-likeness (QED) is 0.444. The molecule has 0 saturated carbocycles. The van der Waals surface area contributed by atoms with E-state index in [4.69, 9.17) is 15.5 Å². The molecule has 1 fully saturated rings. The van der Waals surface area contributed by atoms with Gasteiger partial charge in [0, 0.05) is 51.3 Å². The summed E-state index contributed by atoms with van der Waals surface area (Å²) in [7, 11) is -1.84. The van der Waals surface area contributed by atoms with Crippen molar-refractivity contribution in [3.63, 3.8) is 0 Å². The van der Waals surface area contributed by atoms with Gasteiger partial charge in [-0.25, -0.2) is 37.7 Å². The van der Waals surface area contributed by atoms with Crippen molar-refractivity contribution in [2.24, 2.45) is 0 Å². The van der Waals surface area contributed by atoms with Gasteiger partial charge in [0.2, 0.25) is 15.9 Å². The summed E-state index contributed by atoms with van der Waals surface area (Å²) in [6, 6.07) is 2.85. The molecule has 12 nitrogen and oxygen atoms in total. The number of nitrogens with one attached hydrogen (secondary N) is 1. The van der Waals surface area contributed by atoms with Crippen LogP contribution in [0.4, 0.5) is 21.7 Å². The Balaban J connectivity index is 1.56. The number of aromatic nitrogens is 5. The highest BCUT2D eigenvalue weighted by Crippen LogP contribution is 2.28. The summed E-state index contributed by atoms with van der Waals surface area (Å²) in [6.07, 6.45) is 4.89. The minimum Gasteiger partial charge on any atom is -0.479 e. The Morgan fingerprint density at radius 3 is 2.50 bits per heavy atom. The van der Waals surface area contributed by atoms with Crippen LogP contribution in [0.2, 0.25) is 0 Å². The van der Waals surface area contributed by atoms with Crippen molar-refractivity contribution in [2.45, 2.75) is 13.3 Å². The van der Waals surface area contributed by atoms with Gasteiger partial charge in [-0.2, -0.15) is 4.31 Å². The number of aryl methyl sites for hydroxylation is 1. The van der Waals surface area contributed by atoms with Crippen molar-refractivity contribution in [1.29, 1.82) is 0 Å². The third-order valence-electron chi connectivity index (χ3n) is 5.67. The molecular formula is C22H28FN9O3S. The molecule has 0 radical (unpaired) electrons. The van der Waals surface area contributed by atoms with Gasteiger partial charge in [-0.15, -0.1) is 0 Å². The summed E-state index contributed by atoms with van der Waals surface area (Å²) in [5.74, 6) is 0.385. The highest BCUT2D eigenvalue weighted by molar-refractivity contribution is 7.88. The number of nitrogens with two attached hydrogens (primary N) is 1. The Morgan fingerprint density at radius 2 is 1.86 bits per heavy atom. The number of rotatable bonds is 8. The van der Waals surface area contributed by atoms with Crippen molar-refractivity contribution in [1.82, 2.24) is 34.1 Å². The molecule has 0 aliphatic carbocycles. The Kier molecular flexibility index (Phi) is 7.56. The number of anilines is 3. The van der Waals surface area contributed by atoms with Gasteiger partial charge in [0.05, 0.1) is 42.8 Å². The van der Waals surface area contributed by atoms with Crippen LogP contribution in [0.5, 0.6) is 5.88 Å². The van der Waals surface area contributed by atoms with E-state index in [1.807, 2.05) is 0 Å². The topological polar surface area (TPSA) is 152 Å². The van der Waals surface area contributed by atoms with Crippen LogP contribution in [-0.4, -0.2) is 88.6 Å². The van der Waals surface area contributed by atoms with E-state index in [0.717, 1.165) is 5.69 Å². The van der Waals surface area contributed by atoms with Crippen LogP contribution < -0.4 is 15.8 Å². The fourth-order valence-electron chi connectivity index (χ4n) is 3.87. The zero-order valence-corrected chi connectivity index (χ0v) is 21.1. The average Bonchev–Trinajstić information content (AvgIpc) is 2.82. The Hall–Kier alpha value is -3.49. The fourth-order valence-corrected chi connectivity index (χ4v) is 4.69. The van der Waals surface area contributed by atoms with Gasteiger partial charge >= 0.3 is 0 Å². The molecule has 3 aromatic rings. The maximum Gasteiger partial charge on any atom is 0.250 e. The van der Waals surface area contributed by atoms with Crippen molar-refractivity contribution >= 4 is 27.3 Å². The average molecular weight is 518 g/mol. The summed E-state index contributed by atoms with van der Waals surface area (Å²) in [6.45, 7) is 4.63. The summed E-state index contributed by atoms with van der Waals surface area (Å²) in [5, 5.41) is 3.05. The predicted molar refractivity (Wildman–Crippen MR) is 133 cm³/mol. The molecule has 0 unspecified atom stereocenters. The molecule has 0 amide bonds. The van der Waals surface area contributed by atoms with Gasteiger partial charge in [0.25, 0.3) is 0 Å². The molecule has 0 atom stereocenters. The third kappa shape index (κ3) is 6.19. The lowest BCUT2D eigenvalue weighted by Gasteiger charge is -2.33. The van der Waals surface area contributed by atoms with Crippen LogP contribution in [0.25, 0.3) is 11.4 Å². The number of methoxy groups -OCH3 is 1. The molecule has 1 aliphatic rings. The number of pyridine rings is 1. The highest BCUT2D eigenvalue weighted by atomic mass is 32.2. The molecule has 3 aromatic heterocycles. The first-order valence-corrected chi connectivity index (χ1v) is 13.1. The van der Waals surface area contributed by atoms with Gasteiger partial charge in [0.15, 0.2) is 11.6 Å². The monoisotopic (exact) mass is 517 g/mol. The molecule has 0 aromatic carbocycles. The maximum absolute atomic E-state index is 14.2. The minimum absolute atomic E-state index is 0.112. The van der Waals surface area contributed by atoms with Crippen LogP contribution >= 0.6 is 0 Å². The van der Waals surface area contributed by atoms with Gasteiger partial charge in [0.1, 0.15) is 17.3 Å². The zero-order valence-electron chi connectivity index (χ0n) is 20.3. The van der Waals surface area contributed by atoms with Crippen molar-refractivity contribution in [3.05, 3.63) is 41.9 Å². The molecule has 1 saturated heterocycles. The lowest BCUT2D eigenvalue weighted by atomic mass is 10.2. The number of hydrogen-bond acceptors (Lipinski definition) is 11. The number of sulfonamides is 1. The Labute approximate surface area is 208 Å². The van der Waals surface area contributed by atoms with Crippen LogP contribution in [0.15, 0.2) is 24.5 Å². The van der Waals surface area contributed by atoms with Crippen LogP contribution in [-0.2, 0) is 16.4 Å². The standard InChI is InChI=1S/C22H28FN9O3S/c1-14-27-18(11-19(24)28-14)20-21(30-16-10-17(23)22(35-2)26-13-16)25-12-15(29-20)4-5-31-6-8-32(9-7-31)36(3,33)34/h10-13H,4-9H2,1-3H3,(H,25,30)(H2,24,27,28). The SMILES string of the molecule is COc1ncc(Nc2ncc(CCN3CCN(S(C)(=O)=O)CC3)nc2-c2cc(N)nc(C)n2)cc1F. The Morgan fingerprint density at radius 1 is 1.11 bits per heavy atom. The fraction of sp³-hybridized carbons (Fsp3) is 0.409. The highest BCUT2D eigenvalue weighted by Gasteiger charge is 2.23. The van der Waals surface area contributed by atoms with Crippen LogP contribution in [0.3, 0.4) is 0 Å². The molecule has 0 spiro atoms. The second-order valence-corrected chi connectivity index (χ2v) is 10.4. The molecule has 3 N–H and O–H groups in total. The lowest BCUT2D eigenvalue weighted by molar-refractivity contribution is 0.190. The summed E-state index contributed by atoms with van der Waals surface area (Å²) < 4.78 is 44.0. The molecule has 4 heterocycles. The normalized spacial score (nSPS) is 15.1. The number of halogens is 1. The molecule has 1 aliphatic heterocycles. The summed E-state index contributed by atoms with van der Waals surface area (Å²) in [5.41, 5.74) is 7.92. The number of nitrogens with zero attached hydrogens (tertiary/aromatic N) is 7. The van der Waals surface area contributed by atoms with E-state index in [9.17, 15) is 12.8 Å². The van der Waals surface area contributed by atoms with Gasteiger partial charge in [-0.1, -0.05) is 0 Å². The minimum atomic E-state index is -3.18. The first-order chi connectivity index (χ1) is 17.1. The first kappa shape index (κ1) is 25.6. The van der Waals surface area contributed by atoms with E-state index < -0.39 is 15.8 Å². The molecule has 36 heavy (non-hydrogen) atoms. The lowest BCUT2D eigenvalue weighted by Crippen LogP contribution is -2.48. The number of piperazine rings is 1. The zero-order chi connectivity index (χ0) is 25.9. The number of nitrogen functional groups attached to an aromatic ring is 1. The van der Waals surface area contributed by atoms with E-state index in [2.05, 4.69) is 30.2 Å². The van der Waals surface area contributed by atoms with Crippen LogP contribution in [0, 0.1) is 12.7 Å². The van der Waals surface area contributed by atoms with Crippen LogP contribution in [0.1, 0.15) is 11.5 Å². The van der Waals surface area contributed by atoms with E-state index in [1.165, 1.54) is 29.9 Å². The molecule has 0 bridgehead atoms. The van der Waals surface area contributed by atoms with E-state index in [1.54, 1.807) is 19.2 Å². The Bertz CT molecular complexity index is 1330. The molecular weight excluding hydrogens is 489 g/mol. The van der Waals surface area contributed by atoms with Crippen molar-refractivity contribution in [3.8, 4) is 17.3 Å². The van der Waals surface area contributed by atoms with Gasteiger partial charge in [-0.05, 0) is 6.92 Å². The number of ether oxygens (including phenoxy) is 1. The van der Waals surface area contributed by atoms with E-state index in [0.29, 0.717) is 67.9 Å². The molecule has 14 heteroatoms. The first-order valence-electron chi connectivity index (χ1n) is 11.2. The summed E-state index contributed by atoms with van der Waals surface area (Å²) in [4.78, 5) is 24.0. The van der Waals surface area contributed by atoms with E-state index in [-0.39, 0.29) is 11.7 Å². The molecule has 192 valence electrons. The predicted octanol–water partition coefficient (Wildman–Crippen LogP) is 1.23. The maximum atomic E-state index is 14.2. The number of hydrogen-bond donors (Lipinski definition) is 2. The molecule has 4 rings (SSSR count). The smallest absolute Gasteiger partial charge is 0.250 e. The van der Waals surface area contributed by atoms with Crippen molar-refractivity contribution in [2.75, 3.05) is 57.1 Å². The second-order valence-electron chi connectivity index (χ2n) is 8.38.